The number of hydrogen-bond donors (Lipinski definition) is 1. The molecule has 0 bridgehead atoms. The van der Waals surface area contributed by atoms with Crippen molar-refractivity contribution in [3.8, 4) is 5.75 Å². The molecular formula is C16H21NO4. The third-order valence-electron chi connectivity index (χ3n) is 3.21. The van der Waals surface area contributed by atoms with Crippen LogP contribution < -0.4 is 0 Å². The van der Waals surface area contributed by atoms with E-state index in [0.717, 1.165) is 19.1 Å². The van der Waals surface area contributed by atoms with Crippen molar-refractivity contribution in [1.29, 1.82) is 0 Å². The average molecular weight is 291 g/mol. The predicted octanol–water partition coefficient (Wildman–Crippen LogP) is 3.03. The number of aldehydes is 1. The summed E-state index contributed by atoms with van der Waals surface area (Å²) in [5, 5.41) is 9.34. The van der Waals surface area contributed by atoms with Gasteiger partial charge in [0.2, 0.25) is 0 Å². The van der Waals surface area contributed by atoms with Crippen LogP contribution in [0.1, 0.15) is 45.2 Å². The second kappa shape index (κ2) is 5.76. The first kappa shape index (κ1) is 15.4. The minimum atomic E-state index is -0.687. The fourth-order valence-corrected chi connectivity index (χ4v) is 2.13. The van der Waals surface area contributed by atoms with E-state index in [2.05, 4.69) is 0 Å². The number of hydrogen-bond acceptors (Lipinski definition) is 4. The molecule has 1 amide bonds. The lowest BCUT2D eigenvalue weighted by molar-refractivity contribution is -0.113. The van der Waals surface area contributed by atoms with Gasteiger partial charge in [-0.1, -0.05) is 12.1 Å². The Labute approximate surface area is 124 Å². The minimum Gasteiger partial charge on any atom is -0.508 e. The molecule has 5 nitrogen and oxygen atoms in total. The van der Waals surface area contributed by atoms with Crippen molar-refractivity contribution >= 4 is 12.4 Å². The van der Waals surface area contributed by atoms with Crippen molar-refractivity contribution in [2.75, 3.05) is 0 Å². The normalized spacial score (nSPS) is 16.1. The maximum atomic E-state index is 12.4. The number of benzene rings is 1. The first-order valence-corrected chi connectivity index (χ1v) is 7.07. The van der Waals surface area contributed by atoms with Crippen LogP contribution in [0.5, 0.6) is 5.75 Å². The topological polar surface area (TPSA) is 66.8 Å². The zero-order valence-electron chi connectivity index (χ0n) is 12.6. The molecule has 1 fully saturated rings. The standard InChI is InChI=1S/C16H21NO4/c1-16(2,3)21-15(20)17(12-6-7-12)14(10-18)11-4-8-13(19)9-5-11/h4-5,8-10,12,14,19H,6-7H2,1-3H3. The molecule has 0 spiro atoms. The van der Waals surface area contributed by atoms with Crippen molar-refractivity contribution in [3.05, 3.63) is 29.8 Å². The number of phenolic OH excluding ortho intramolecular Hbond substituents is 1. The van der Waals surface area contributed by atoms with Gasteiger partial charge < -0.3 is 14.6 Å². The van der Waals surface area contributed by atoms with Crippen LogP contribution in [0.2, 0.25) is 0 Å². The van der Waals surface area contributed by atoms with E-state index in [-0.39, 0.29) is 11.8 Å². The Kier molecular flexibility index (Phi) is 4.21. The lowest BCUT2D eigenvalue weighted by atomic mass is 10.1. The zero-order chi connectivity index (χ0) is 15.6. The molecule has 114 valence electrons. The van der Waals surface area contributed by atoms with Crippen LogP contribution in [-0.4, -0.2) is 34.0 Å². The second-order valence-electron chi connectivity index (χ2n) is 6.29. The average Bonchev–Trinajstić information content (AvgIpc) is 3.19. The summed E-state index contributed by atoms with van der Waals surface area (Å²) in [7, 11) is 0. The molecule has 0 aliphatic heterocycles. The molecule has 5 heteroatoms. The van der Waals surface area contributed by atoms with Gasteiger partial charge in [-0.15, -0.1) is 0 Å². The molecule has 2 rings (SSSR count). The van der Waals surface area contributed by atoms with Crippen LogP contribution in [0.25, 0.3) is 0 Å². The van der Waals surface area contributed by atoms with Crippen molar-refractivity contribution in [3.63, 3.8) is 0 Å². The van der Waals surface area contributed by atoms with E-state index in [4.69, 9.17) is 4.74 Å². The van der Waals surface area contributed by atoms with Gasteiger partial charge in [-0.3, -0.25) is 4.90 Å². The van der Waals surface area contributed by atoms with Crippen molar-refractivity contribution in [2.45, 2.75) is 51.3 Å². The number of nitrogens with zero attached hydrogens (tertiary/aromatic N) is 1. The van der Waals surface area contributed by atoms with Crippen molar-refractivity contribution in [2.24, 2.45) is 0 Å². The third-order valence-corrected chi connectivity index (χ3v) is 3.21. The van der Waals surface area contributed by atoms with Gasteiger partial charge in [0.25, 0.3) is 0 Å². The molecule has 1 unspecified atom stereocenters. The molecule has 1 aliphatic rings. The predicted molar refractivity (Wildman–Crippen MR) is 78.0 cm³/mol. The largest absolute Gasteiger partial charge is 0.508 e. The fraction of sp³-hybridized carbons (Fsp3) is 0.500. The van der Waals surface area contributed by atoms with Gasteiger partial charge in [0, 0.05) is 6.04 Å². The van der Waals surface area contributed by atoms with E-state index < -0.39 is 17.7 Å². The van der Waals surface area contributed by atoms with E-state index in [1.54, 1.807) is 32.9 Å². The lowest BCUT2D eigenvalue weighted by Gasteiger charge is -2.31. The Bertz CT molecular complexity index is 514. The number of rotatable bonds is 4. The van der Waals surface area contributed by atoms with E-state index in [0.29, 0.717) is 5.56 Å². The number of carbonyl (C=O) groups is 2. The summed E-state index contributed by atoms with van der Waals surface area (Å²) < 4.78 is 5.41. The zero-order valence-corrected chi connectivity index (χ0v) is 12.6. The summed E-state index contributed by atoms with van der Waals surface area (Å²) in [6.07, 6.45) is 2.02. The highest BCUT2D eigenvalue weighted by Gasteiger charge is 2.40. The molecule has 1 aromatic carbocycles. The highest BCUT2D eigenvalue weighted by Crippen LogP contribution is 2.35. The second-order valence-corrected chi connectivity index (χ2v) is 6.29. The molecule has 0 radical (unpaired) electrons. The Morgan fingerprint density at radius 3 is 2.33 bits per heavy atom. The van der Waals surface area contributed by atoms with Gasteiger partial charge in [0.15, 0.2) is 0 Å². The summed E-state index contributed by atoms with van der Waals surface area (Å²) in [5.41, 5.74) is 0.0626. The Hall–Kier alpha value is -2.04. The van der Waals surface area contributed by atoms with Crippen LogP contribution in [0.4, 0.5) is 4.79 Å². The summed E-state index contributed by atoms with van der Waals surface area (Å²) in [5.74, 6) is 0.124. The SMILES string of the molecule is CC(C)(C)OC(=O)N(C1CC1)C(C=O)c1ccc(O)cc1. The van der Waals surface area contributed by atoms with Crippen LogP contribution in [-0.2, 0) is 9.53 Å². The maximum absolute atomic E-state index is 12.4. The number of aromatic hydroxyl groups is 1. The van der Waals surface area contributed by atoms with Gasteiger partial charge in [0.1, 0.15) is 23.7 Å². The lowest BCUT2D eigenvalue weighted by Crippen LogP contribution is -2.41. The fourth-order valence-electron chi connectivity index (χ4n) is 2.13. The van der Waals surface area contributed by atoms with Crippen molar-refractivity contribution < 1.29 is 19.4 Å². The summed E-state index contributed by atoms with van der Waals surface area (Å²) in [6.45, 7) is 5.39. The van der Waals surface area contributed by atoms with Gasteiger partial charge in [-0.05, 0) is 51.3 Å². The molecule has 0 heterocycles. The maximum Gasteiger partial charge on any atom is 0.411 e. The minimum absolute atomic E-state index is 0.0452. The highest BCUT2D eigenvalue weighted by atomic mass is 16.6. The first-order chi connectivity index (χ1) is 9.81. The smallest absolute Gasteiger partial charge is 0.411 e. The highest BCUT2D eigenvalue weighted by molar-refractivity contribution is 5.75. The monoisotopic (exact) mass is 291 g/mol. The number of phenols is 1. The molecule has 0 aromatic heterocycles. The van der Waals surface area contributed by atoms with Crippen LogP contribution >= 0.6 is 0 Å². The molecule has 0 saturated heterocycles. The number of carbonyl (C=O) groups excluding carboxylic acids is 2. The third kappa shape index (κ3) is 3.97. The van der Waals surface area contributed by atoms with Crippen molar-refractivity contribution in [1.82, 2.24) is 4.90 Å². The summed E-state index contributed by atoms with van der Waals surface area (Å²) in [6, 6.07) is 5.66. The van der Waals surface area contributed by atoms with Gasteiger partial charge in [0.05, 0.1) is 0 Å². The number of ether oxygens (including phenoxy) is 1. The van der Waals surface area contributed by atoms with E-state index in [1.165, 1.54) is 17.0 Å². The van der Waals surface area contributed by atoms with Gasteiger partial charge in [-0.25, -0.2) is 4.79 Å². The Balaban J connectivity index is 2.24. The Morgan fingerprint density at radius 1 is 1.33 bits per heavy atom. The van der Waals surface area contributed by atoms with Crippen LogP contribution in [0.15, 0.2) is 24.3 Å². The molecule has 21 heavy (non-hydrogen) atoms. The van der Waals surface area contributed by atoms with Crippen LogP contribution in [0, 0.1) is 0 Å². The first-order valence-electron chi connectivity index (χ1n) is 7.07. The molecule has 1 saturated carbocycles. The Morgan fingerprint density at radius 2 is 1.90 bits per heavy atom. The molecule has 1 atom stereocenters. The quantitative estimate of drug-likeness (QED) is 0.866. The van der Waals surface area contributed by atoms with E-state index >= 15 is 0 Å². The number of amides is 1. The van der Waals surface area contributed by atoms with Gasteiger partial charge in [-0.2, -0.15) is 0 Å². The molecule has 1 aromatic rings. The molecule has 1 aliphatic carbocycles. The van der Waals surface area contributed by atoms with E-state index in [9.17, 15) is 14.7 Å². The van der Waals surface area contributed by atoms with E-state index in [1.807, 2.05) is 0 Å². The summed E-state index contributed by atoms with van der Waals surface area (Å²) in [4.78, 5) is 25.4. The van der Waals surface area contributed by atoms with Gasteiger partial charge >= 0.3 is 6.09 Å². The molecule has 1 N–H and O–H groups in total. The summed E-state index contributed by atoms with van der Waals surface area (Å²) >= 11 is 0. The molecular weight excluding hydrogens is 270 g/mol. The van der Waals surface area contributed by atoms with Crippen LogP contribution in [0.3, 0.4) is 0 Å².